The van der Waals surface area contributed by atoms with E-state index < -0.39 is 11.9 Å². The molecule has 0 fully saturated rings. The van der Waals surface area contributed by atoms with E-state index in [2.05, 4.69) is 0 Å². The number of carbonyl (C=O) groups is 2. The van der Waals surface area contributed by atoms with Crippen LogP contribution < -0.4 is 0 Å². The van der Waals surface area contributed by atoms with E-state index >= 15 is 0 Å². The minimum Gasteiger partial charge on any atom is -0.507 e. The van der Waals surface area contributed by atoms with Crippen LogP contribution in [0.5, 0.6) is 5.75 Å². The highest BCUT2D eigenvalue weighted by atomic mass is 16.4. The number of hydrogen-bond acceptors (Lipinski definition) is 3. The van der Waals surface area contributed by atoms with Gasteiger partial charge in [0.25, 0.3) is 0 Å². The van der Waals surface area contributed by atoms with Crippen molar-refractivity contribution < 1.29 is 24.9 Å². The Morgan fingerprint density at radius 1 is 0.857 bits per heavy atom. The maximum absolute atomic E-state index is 10.3. The van der Waals surface area contributed by atoms with Gasteiger partial charge < -0.3 is 15.3 Å². The molecule has 5 heteroatoms. The van der Waals surface area contributed by atoms with Crippen molar-refractivity contribution in [3.8, 4) is 5.75 Å². The fraction of sp³-hybridized carbons (Fsp3) is 0. The van der Waals surface area contributed by atoms with Gasteiger partial charge in [0.1, 0.15) is 11.3 Å². The molecule has 2 rings (SSSR count). The van der Waals surface area contributed by atoms with Gasteiger partial charge in [-0.1, -0.05) is 42.5 Å². The summed E-state index contributed by atoms with van der Waals surface area (Å²) in [6, 6.07) is 15.1. The van der Waals surface area contributed by atoms with E-state index in [1.807, 2.05) is 30.3 Å². The molecular weight excluding hydrogens is 272 g/mol. The van der Waals surface area contributed by atoms with Crippen molar-refractivity contribution in [2.24, 2.45) is 0 Å². The van der Waals surface area contributed by atoms with Crippen molar-refractivity contribution >= 4 is 18.0 Å². The van der Waals surface area contributed by atoms with Gasteiger partial charge in [0.15, 0.2) is 0 Å². The summed E-state index contributed by atoms with van der Waals surface area (Å²) in [6.45, 7) is 0. The lowest BCUT2D eigenvalue weighted by atomic mass is 10.2. The quantitative estimate of drug-likeness (QED) is 0.754. The molecule has 0 unspecified atom stereocenters. The van der Waals surface area contributed by atoms with Crippen LogP contribution in [0.1, 0.15) is 15.9 Å². The lowest BCUT2D eigenvalue weighted by molar-refractivity contribution is -0.131. The number of hydrogen-bond donors (Lipinski definition) is 3. The number of aromatic carboxylic acids is 1. The number of carboxylic acids is 2. The average Bonchev–Trinajstić information content (AvgIpc) is 2.47. The van der Waals surface area contributed by atoms with Crippen LogP contribution in [0.2, 0.25) is 0 Å². The highest BCUT2D eigenvalue weighted by Crippen LogP contribution is 2.14. The SMILES string of the molecule is O=C(O)/C=C/c1ccccc1.O=C(O)c1ccccc1O. The van der Waals surface area contributed by atoms with Crippen LogP contribution in [-0.2, 0) is 4.79 Å². The molecule has 0 bridgehead atoms. The number of carboxylic acid groups (broad SMARTS) is 2. The van der Waals surface area contributed by atoms with Crippen LogP contribution >= 0.6 is 0 Å². The van der Waals surface area contributed by atoms with E-state index in [9.17, 15) is 9.59 Å². The van der Waals surface area contributed by atoms with Crippen molar-refractivity contribution in [1.29, 1.82) is 0 Å². The Hall–Kier alpha value is -3.08. The minimum atomic E-state index is -1.11. The molecule has 5 nitrogen and oxygen atoms in total. The summed E-state index contributed by atoms with van der Waals surface area (Å²) in [4.78, 5) is 20.3. The number of benzene rings is 2. The van der Waals surface area contributed by atoms with Gasteiger partial charge in [0, 0.05) is 6.08 Å². The molecule has 0 saturated carbocycles. The number of para-hydroxylation sites is 1. The smallest absolute Gasteiger partial charge is 0.339 e. The topological polar surface area (TPSA) is 94.8 Å². The second kappa shape index (κ2) is 8.16. The van der Waals surface area contributed by atoms with Crippen LogP contribution in [0, 0.1) is 0 Å². The van der Waals surface area contributed by atoms with Crippen molar-refractivity contribution in [3.05, 3.63) is 71.8 Å². The van der Waals surface area contributed by atoms with E-state index in [-0.39, 0.29) is 11.3 Å². The van der Waals surface area contributed by atoms with Crippen molar-refractivity contribution in [2.45, 2.75) is 0 Å². The molecule has 0 spiro atoms. The molecule has 0 amide bonds. The Bertz CT molecular complexity index is 632. The Labute approximate surface area is 121 Å². The zero-order valence-corrected chi connectivity index (χ0v) is 11.0. The number of aliphatic carboxylic acids is 1. The standard InChI is InChI=1S/C9H8O2.C7H6O3/c10-9(11)7-6-8-4-2-1-3-5-8;8-6-4-2-1-3-5(6)7(9)10/h1-7H,(H,10,11);1-4,8H,(H,9,10)/b7-6+;. The van der Waals surface area contributed by atoms with Crippen LogP contribution in [0.25, 0.3) is 6.08 Å². The predicted molar refractivity (Wildman–Crippen MR) is 78.2 cm³/mol. The number of aromatic hydroxyl groups is 1. The first kappa shape index (κ1) is 16.0. The summed E-state index contributed by atoms with van der Waals surface area (Å²) in [6.07, 6.45) is 2.68. The van der Waals surface area contributed by atoms with Gasteiger partial charge in [-0.3, -0.25) is 0 Å². The third-order valence-corrected chi connectivity index (χ3v) is 2.35. The Morgan fingerprint density at radius 2 is 1.43 bits per heavy atom. The molecule has 2 aromatic rings. The Morgan fingerprint density at radius 3 is 1.90 bits per heavy atom. The molecule has 0 aliphatic rings. The number of rotatable bonds is 3. The molecule has 108 valence electrons. The second-order valence-corrected chi connectivity index (χ2v) is 3.90. The van der Waals surface area contributed by atoms with E-state index in [4.69, 9.17) is 15.3 Å². The summed E-state index contributed by atoms with van der Waals surface area (Å²) in [5.41, 5.74) is 0.831. The molecule has 3 N–H and O–H groups in total. The first-order valence-corrected chi connectivity index (χ1v) is 5.98. The molecule has 0 aromatic heterocycles. The Kier molecular flexibility index (Phi) is 6.21. The summed E-state index contributed by atoms with van der Waals surface area (Å²) < 4.78 is 0. The van der Waals surface area contributed by atoms with Gasteiger partial charge in [-0.2, -0.15) is 0 Å². The van der Waals surface area contributed by atoms with Crippen molar-refractivity contribution in [2.75, 3.05) is 0 Å². The largest absolute Gasteiger partial charge is 0.507 e. The zero-order chi connectivity index (χ0) is 15.7. The molecule has 0 atom stereocenters. The molecule has 0 heterocycles. The summed E-state index contributed by atoms with van der Waals surface area (Å²) >= 11 is 0. The monoisotopic (exact) mass is 286 g/mol. The van der Waals surface area contributed by atoms with Gasteiger partial charge in [0.2, 0.25) is 0 Å². The van der Waals surface area contributed by atoms with Crippen molar-refractivity contribution in [1.82, 2.24) is 0 Å². The minimum absolute atomic E-state index is 0.0671. The van der Waals surface area contributed by atoms with E-state index in [0.29, 0.717) is 0 Å². The molecule has 0 aliphatic carbocycles. The van der Waals surface area contributed by atoms with Crippen LogP contribution in [0.15, 0.2) is 60.7 Å². The van der Waals surface area contributed by atoms with Gasteiger partial charge in [0.05, 0.1) is 0 Å². The maximum Gasteiger partial charge on any atom is 0.339 e. The maximum atomic E-state index is 10.3. The molecule has 21 heavy (non-hydrogen) atoms. The third-order valence-electron chi connectivity index (χ3n) is 2.35. The molecule has 0 saturated heterocycles. The van der Waals surface area contributed by atoms with Crippen molar-refractivity contribution in [3.63, 3.8) is 0 Å². The van der Waals surface area contributed by atoms with E-state index in [0.717, 1.165) is 11.6 Å². The fourth-order valence-electron chi connectivity index (χ4n) is 1.39. The lowest BCUT2D eigenvalue weighted by Gasteiger charge is -1.95. The summed E-state index contributed by atoms with van der Waals surface area (Å²) in [5.74, 6) is -2.23. The molecular formula is C16H14O5. The van der Waals surface area contributed by atoms with E-state index in [1.165, 1.54) is 12.1 Å². The highest BCUT2D eigenvalue weighted by molar-refractivity contribution is 5.90. The van der Waals surface area contributed by atoms with E-state index in [1.54, 1.807) is 18.2 Å². The van der Waals surface area contributed by atoms with Gasteiger partial charge in [-0.15, -0.1) is 0 Å². The highest BCUT2D eigenvalue weighted by Gasteiger charge is 2.05. The zero-order valence-electron chi connectivity index (χ0n) is 11.0. The van der Waals surface area contributed by atoms with Crippen LogP contribution in [0.3, 0.4) is 0 Å². The summed E-state index contributed by atoms with van der Waals surface area (Å²) in [7, 11) is 0. The fourth-order valence-corrected chi connectivity index (χ4v) is 1.39. The lowest BCUT2D eigenvalue weighted by Crippen LogP contribution is -1.95. The van der Waals surface area contributed by atoms with Gasteiger partial charge >= 0.3 is 11.9 Å². The second-order valence-electron chi connectivity index (χ2n) is 3.90. The van der Waals surface area contributed by atoms with Gasteiger partial charge in [-0.25, -0.2) is 9.59 Å². The first-order valence-electron chi connectivity index (χ1n) is 5.98. The predicted octanol–water partition coefficient (Wildman–Crippen LogP) is 2.87. The normalized spacial score (nSPS) is 9.71. The van der Waals surface area contributed by atoms with Crippen LogP contribution in [-0.4, -0.2) is 27.3 Å². The molecule has 2 aromatic carbocycles. The Balaban J connectivity index is 0.000000211. The third kappa shape index (κ3) is 6.07. The first-order chi connectivity index (χ1) is 10.0. The van der Waals surface area contributed by atoms with Gasteiger partial charge in [-0.05, 0) is 23.8 Å². The van der Waals surface area contributed by atoms with Crippen LogP contribution in [0.4, 0.5) is 0 Å². The molecule has 0 aliphatic heterocycles. The number of phenols is 1. The average molecular weight is 286 g/mol. The molecule has 0 radical (unpaired) electrons. The summed E-state index contributed by atoms with van der Waals surface area (Å²) in [5, 5.41) is 25.6.